The minimum atomic E-state index is -0.921. The monoisotopic (exact) mass is 246 g/mol. The van der Waals surface area contributed by atoms with Gasteiger partial charge >= 0.3 is 5.69 Å². The molecule has 0 spiro atoms. The first-order chi connectivity index (χ1) is 7.41. The second-order valence-corrected chi connectivity index (χ2v) is 3.80. The third-order valence-corrected chi connectivity index (χ3v) is 2.08. The third-order valence-electron chi connectivity index (χ3n) is 1.90. The number of nitrogens with zero attached hydrogens (tertiary/aromatic N) is 4. The predicted octanol–water partition coefficient (Wildman–Crippen LogP) is 0.732. The van der Waals surface area contributed by atoms with E-state index in [9.17, 15) is 14.9 Å². The van der Waals surface area contributed by atoms with Gasteiger partial charge in [0.05, 0.1) is 11.5 Å². The van der Waals surface area contributed by atoms with E-state index in [-0.39, 0.29) is 11.4 Å². The molecule has 0 bridgehead atoms. The van der Waals surface area contributed by atoms with Crippen LogP contribution in [0, 0.1) is 10.1 Å². The Morgan fingerprint density at radius 2 is 2.31 bits per heavy atom. The summed E-state index contributed by atoms with van der Waals surface area (Å²) in [7, 11) is 3.73. The second kappa shape index (κ2) is 5.04. The third kappa shape index (κ3) is 3.01. The Morgan fingerprint density at radius 3 is 2.69 bits per heavy atom. The highest BCUT2D eigenvalue weighted by atomic mass is 35.5. The average molecular weight is 247 g/mol. The number of carbonyl (C=O) groups excluding carboxylic acids is 1. The van der Waals surface area contributed by atoms with Crippen LogP contribution >= 0.6 is 11.6 Å². The van der Waals surface area contributed by atoms with E-state index < -0.39 is 10.2 Å². The largest absolute Gasteiger partial charge is 0.319 e. The first kappa shape index (κ1) is 12.6. The van der Waals surface area contributed by atoms with Gasteiger partial charge in [0.25, 0.3) is 5.24 Å². The van der Waals surface area contributed by atoms with Crippen LogP contribution in [-0.2, 0) is 6.54 Å². The van der Waals surface area contributed by atoms with Gasteiger partial charge in [-0.3, -0.25) is 19.6 Å². The van der Waals surface area contributed by atoms with Crippen molar-refractivity contribution in [3.8, 4) is 0 Å². The Bertz CT molecular complexity index is 384. The minimum Gasteiger partial charge on any atom is -0.308 e. The quantitative estimate of drug-likeness (QED) is 0.435. The molecule has 1 aromatic heterocycles. The molecule has 88 valence electrons. The van der Waals surface area contributed by atoms with Gasteiger partial charge in [0.15, 0.2) is 0 Å². The van der Waals surface area contributed by atoms with Gasteiger partial charge in [0, 0.05) is 6.54 Å². The van der Waals surface area contributed by atoms with Gasteiger partial charge in [0.2, 0.25) is 5.69 Å². The van der Waals surface area contributed by atoms with Crippen LogP contribution in [0.15, 0.2) is 6.20 Å². The lowest BCUT2D eigenvalue weighted by molar-refractivity contribution is -0.385. The molecular weight excluding hydrogens is 236 g/mol. The lowest BCUT2D eigenvalue weighted by Crippen LogP contribution is -2.18. The molecule has 0 radical (unpaired) electrons. The van der Waals surface area contributed by atoms with Gasteiger partial charge in [0.1, 0.15) is 6.20 Å². The summed E-state index contributed by atoms with van der Waals surface area (Å²) in [5, 5.41) is 13.5. The number of hydrogen-bond acceptors (Lipinski definition) is 5. The number of hydrogen-bond donors (Lipinski definition) is 0. The fourth-order valence-electron chi connectivity index (χ4n) is 1.10. The Kier molecular flexibility index (Phi) is 3.97. The van der Waals surface area contributed by atoms with E-state index in [0.717, 1.165) is 0 Å². The molecule has 0 amide bonds. The van der Waals surface area contributed by atoms with Crippen molar-refractivity contribution in [3.05, 3.63) is 22.0 Å². The molecule has 0 aliphatic rings. The zero-order valence-electron chi connectivity index (χ0n) is 8.88. The standard InChI is InChI=1S/C8H11ClN4O3/c1-11(2)3-4-12-5-6(13(15)16)7(10-12)8(9)14/h5H,3-4H2,1-2H3. The summed E-state index contributed by atoms with van der Waals surface area (Å²) in [5.41, 5.74) is -0.677. The van der Waals surface area contributed by atoms with Crippen LogP contribution in [-0.4, -0.2) is 45.5 Å². The maximum absolute atomic E-state index is 10.9. The molecule has 16 heavy (non-hydrogen) atoms. The van der Waals surface area contributed by atoms with Crippen LogP contribution < -0.4 is 0 Å². The van der Waals surface area contributed by atoms with Crippen LogP contribution in [0.1, 0.15) is 10.5 Å². The number of halogens is 1. The highest BCUT2D eigenvalue weighted by molar-refractivity contribution is 6.67. The molecule has 1 aromatic rings. The fraction of sp³-hybridized carbons (Fsp3) is 0.500. The first-order valence-corrected chi connectivity index (χ1v) is 4.86. The van der Waals surface area contributed by atoms with Gasteiger partial charge in [-0.25, -0.2) is 0 Å². The molecule has 0 aliphatic carbocycles. The molecule has 0 unspecified atom stereocenters. The van der Waals surface area contributed by atoms with Crippen LogP contribution in [0.3, 0.4) is 0 Å². The van der Waals surface area contributed by atoms with Crippen molar-refractivity contribution in [3.63, 3.8) is 0 Å². The topological polar surface area (TPSA) is 81.3 Å². The molecule has 0 N–H and O–H groups in total. The summed E-state index contributed by atoms with van der Waals surface area (Å²) in [6.45, 7) is 1.12. The van der Waals surface area contributed by atoms with E-state index in [1.807, 2.05) is 19.0 Å². The van der Waals surface area contributed by atoms with Gasteiger partial charge in [-0.1, -0.05) is 0 Å². The van der Waals surface area contributed by atoms with Gasteiger partial charge in [-0.05, 0) is 25.7 Å². The van der Waals surface area contributed by atoms with Crippen molar-refractivity contribution in [2.75, 3.05) is 20.6 Å². The second-order valence-electron chi connectivity index (χ2n) is 3.46. The molecule has 0 saturated carbocycles. The summed E-state index contributed by atoms with van der Waals surface area (Å²) in [4.78, 5) is 22.7. The smallest absolute Gasteiger partial charge is 0.308 e. The molecule has 0 atom stereocenters. The Balaban J connectivity index is 2.93. The fourth-order valence-corrected chi connectivity index (χ4v) is 1.24. The lowest BCUT2D eigenvalue weighted by atomic mass is 10.4. The number of rotatable bonds is 5. The van der Waals surface area contributed by atoms with Crippen LogP contribution in [0.4, 0.5) is 5.69 Å². The first-order valence-electron chi connectivity index (χ1n) is 4.48. The Morgan fingerprint density at radius 1 is 1.69 bits per heavy atom. The Hall–Kier alpha value is -1.47. The van der Waals surface area contributed by atoms with Gasteiger partial charge in [-0.2, -0.15) is 5.10 Å². The zero-order valence-corrected chi connectivity index (χ0v) is 9.64. The zero-order chi connectivity index (χ0) is 12.3. The van der Waals surface area contributed by atoms with Crippen molar-refractivity contribution >= 4 is 22.5 Å². The van der Waals surface area contributed by atoms with Crippen molar-refractivity contribution in [2.45, 2.75) is 6.54 Å². The van der Waals surface area contributed by atoms with Crippen LogP contribution in [0.2, 0.25) is 0 Å². The lowest BCUT2D eigenvalue weighted by Gasteiger charge is -2.08. The molecule has 0 aliphatic heterocycles. The normalized spacial score (nSPS) is 10.8. The van der Waals surface area contributed by atoms with E-state index in [2.05, 4.69) is 5.10 Å². The molecule has 0 saturated heterocycles. The molecular formula is C8H11ClN4O3. The molecule has 1 rings (SSSR count). The molecule has 8 heteroatoms. The average Bonchev–Trinajstić information content (AvgIpc) is 2.58. The van der Waals surface area contributed by atoms with Gasteiger partial charge in [-0.15, -0.1) is 0 Å². The highest BCUT2D eigenvalue weighted by Crippen LogP contribution is 2.18. The number of nitro groups is 1. The van der Waals surface area contributed by atoms with Crippen molar-refractivity contribution in [1.82, 2.24) is 14.7 Å². The van der Waals surface area contributed by atoms with E-state index >= 15 is 0 Å². The van der Waals surface area contributed by atoms with Crippen molar-refractivity contribution < 1.29 is 9.72 Å². The van der Waals surface area contributed by atoms with E-state index in [4.69, 9.17) is 11.6 Å². The summed E-state index contributed by atoms with van der Waals surface area (Å²) in [5.74, 6) is 0. The van der Waals surface area contributed by atoms with E-state index in [1.54, 1.807) is 0 Å². The molecule has 0 fully saturated rings. The van der Waals surface area contributed by atoms with E-state index in [1.165, 1.54) is 10.9 Å². The van der Waals surface area contributed by atoms with Gasteiger partial charge < -0.3 is 4.90 Å². The maximum atomic E-state index is 10.9. The number of aromatic nitrogens is 2. The Labute approximate surface area is 96.7 Å². The summed E-state index contributed by atoms with van der Waals surface area (Å²) < 4.78 is 1.34. The molecule has 1 heterocycles. The predicted molar refractivity (Wildman–Crippen MR) is 57.6 cm³/mol. The molecule has 0 aromatic carbocycles. The van der Waals surface area contributed by atoms with Crippen LogP contribution in [0.5, 0.6) is 0 Å². The van der Waals surface area contributed by atoms with Crippen molar-refractivity contribution in [2.24, 2.45) is 0 Å². The highest BCUT2D eigenvalue weighted by Gasteiger charge is 2.23. The molecule has 7 nitrogen and oxygen atoms in total. The van der Waals surface area contributed by atoms with E-state index in [0.29, 0.717) is 13.1 Å². The number of likely N-dealkylation sites (N-methyl/N-ethyl adjacent to an activating group) is 1. The SMILES string of the molecule is CN(C)CCn1cc([N+](=O)[O-])c(C(=O)Cl)n1. The summed E-state index contributed by atoms with van der Waals surface area (Å²) in [6, 6.07) is 0. The number of carbonyl (C=O) groups is 1. The summed E-state index contributed by atoms with van der Waals surface area (Å²) >= 11 is 5.20. The summed E-state index contributed by atoms with van der Waals surface area (Å²) in [6.07, 6.45) is 1.21. The van der Waals surface area contributed by atoms with Crippen LogP contribution in [0.25, 0.3) is 0 Å². The maximum Gasteiger partial charge on any atom is 0.319 e. The minimum absolute atomic E-state index is 0.314. The van der Waals surface area contributed by atoms with Crippen molar-refractivity contribution in [1.29, 1.82) is 0 Å².